The summed E-state index contributed by atoms with van der Waals surface area (Å²) in [7, 11) is 0. The number of benzene rings is 2. The quantitative estimate of drug-likeness (QED) is 0.319. The molecule has 0 aliphatic carbocycles. The Bertz CT molecular complexity index is 774. The van der Waals surface area contributed by atoms with E-state index >= 15 is 0 Å². The number of ether oxygens (including phenoxy) is 2. The second kappa shape index (κ2) is 9.15. The molecular formula is C19H17NO5. The van der Waals surface area contributed by atoms with E-state index in [0.717, 1.165) is 0 Å². The molecule has 0 unspecified atom stereocenters. The average molecular weight is 339 g/mol. The third-order valence-electron chi connectivity index (χ3n) is 3.30. The SMILES string of the molecule is CCOC(=O)CCOc1ccc(C(=O)c2ccc(N=C=O)cc2)cc1. The number of hydrogen-bond donors (Lipinski definition) is 0. The molecule has 0 atom stereocenters. The lowest BCUT2D eigenvalue weighted by Crippen LogP contribution is -2.09. The smallest absolute Gasteiger partial charge is 0.309 e. The molecule has 0 aliphatic rings. The Morgan fingerprint density at radius 2 is 1.60 bits per heavy atom. The summed E-state index contributed by atoms with van der Waals surface area (Å²) < 4.78 is 10.3. The van der Waals surface area contributed by atoms with Gasteiger partial charge in [0, 0.05) is 11.1 Å². The molecule has 0 bridgehead atoms. The molecule has 2 aromatic carbocycles. The highest BCUT2D eigenvalue weighted by molar-refractivity contribution is 6.09. The van der Waals surface area contributed by atoms with Crippen LogP contribution in [0.5, 0.6) is 5.75 Å². The standard InChI is InChI=1S/C19H17NO5/c1-2-24-18(22)11-12-25-17-9-5-15(6-10-17)19(23)14-3-7-16(8-4-14)20-13-21/h3-10H,2,11-12H2,1H3. The monoisotopic (exact) mass is 339 g/mol. The molecule has 0 fully saturated rings. The van der Waals surface area contributed by atoms with Gasteiger partial charge in [0.05, 0.1) is 25.3 Å². The van der Waals surface area contributed by atoms with Crippen molar-refractivity contribution >= 4 is 23.5 Å². The first-order valence-electron chi connectivity index (χ1n) is 7.75. The van der Waals surface area contributed by atoms with Crippen LogP contribution in [-0.4, -0.2) is 31.0 Å². The molecule has 2 aromatic rings. The van der Waals surface area contributed by atoms with Gasteiger partial charge in [-0.05, 0) is 55.5 Å². The van der Waals surface area contributed by atoms with Gasteiger partial charge in [-0.15, -0.1) is 0 Å². The molecule has 0 spiro atoms. The predicted octanol–water partition coefficient (Wildman–Crippen LogP) is 3.22. The summed E-state index contributed by atoms with van der Waals surface area (Å²) in [4.78, 5) is 37.3. The lowest BCUT2D eigenvalue weighted by molar-refractivity contribution is -0.143. The maximum absolute atomic E-state index is 12.4. The summed E-state index contributed by atoms with van der Waals surface area (Å²) >= 11 is 0. The van der Waals surface area contributed by atoms with Crippen molar-refractivity contribution in [2.75, 3.05) is 13.2 Å². The van der Waals surface area contributed by atoms with Crippen LogP contribution >= 0.6 is 0 Å². The number of hydrogen-bond acceptors (Lipinski definition) is 6. The number of carbonyl (C=O) groups is 2. The Kier molecular flexibility index (Phi) is 6.63. The van der Waals surface area contributed by atoms with E-state index in [-0.39, 0.29) is 24.8 Å². The van der Waals surface area contributed by atoms with E-state index in [9.17, 15) is 14.4 Å². The second-order valence-corrected chi connectivity index (χ2v) is 5.01. The van der Waals surface area contributed by atoms with Gasteiger partial charge in [0.2, 0.25) is 6.08 Å². The highest BCUT2D eigenvalue weighted by atomic mass is 16.5. The van der Waals surface area contributed by atoms with Gasteiger partial charge in [0.25, 0.3) is 0 Å². The fourth-order valence-corrected chi connectivity index (χ4v) is 2.09. The Balaban J connectivity index is 1.95. The summed E-state index contributed by atoms with van der Waals surface area (Å²) in [6.45, 7) is 2.31. The Hall–Kier alpha value is -3.24. The fourth-order valence-electron chi connectivity index (χ4n) is 2.09. The zero-order valence-corrected chi connectivity index (χ0v) is 13.7. The van der Waals surface area contributed by atoms with Gasteiger partial charge >= 0.3 is 5.97 Å². The highest BCUT2D eigenvalue weighted by Gasteiger charge is 2.09. The van der Waals surface area contributed by atoms with Crippen molar-refractivity contribution in [3.05, 3.63) is 59.7 Å². The third kappa shape index (κ3) is 5.41. The topological polar surface area (TPSA) is 82.0 Å². The average Bonchev–Trinajstić information content (AvgIpc) is 2.63. The molecule has 6 nitrogen and oxygen atoms in total. The minimum absolute atomic E-state index is 0.153. The zero-order chi connectivity index (χ0) is 18.1. The molecule has 0 saturated carbocycles. The summed E-state index contributed by atoms with van der Waals surface area (Å²) in [6.07, 6.45) is 1.62. The normalized spacial score (nSPS) is 9.80. The zero-order valence-electron chi connectivity index (χ0n) is 13.7. The van der Waals surface area contributed by atoms with Crippen molar-refractivity contribution in [3.8, 4) is 5.75 Å². The van der Waals surface area contributed by atoms with Crippen LogP contribution in [0.3, 0.4) is 0 Å². The number of aliphatic imine (C=N–C) groups is 1. The van der Waals surface area contributed by atoms with Crippen molar-refractivity contribution in [1.29, 1.82) is 0 Å². The van der Waals surface area contributed by atoms with Gasteiger partial charge in [-0.25, -0.2) is 4.79 Å². The fraction of sp³-hybridized carbons (Fsp3) is 0.211. The van der Waals surface area contributed by atoms with Gasteiger partial charge in [-0.3, -0.25) is 9.59 Å². The van der Waals surface area contributed by atoms with Gasteiger partial charge in [-0.1, -0.05) is 0 Å². The van der Waals surface area contributed by atoms with Gasteiger partial charge in [0.1, 0.15) is 5.75 Å². The van der Waals surface area contributed by atoms with Crippen LogP contribution < -0.4 is 4.74 Å². The van der Waals surface area contributed by atoms with Crippen LogP contribution in [0.1, 0.15) is 29.3 Å². The van der Waals surface area contributed by atoms with Gasteiger partial charge < -0.3 is 9.47 Å². The molecule has 0 N–H and O–H groups in total. The molecular weight excluding hydrogens is 322 g/mol. The molecule has 0 aromatic heterocycles. The summed E-state index contributed by atoms with van der Waals surface area (Å²) in [5.74, 6) is 0.105. The third-order valence-corrected chi connectivity index (χ3v) is 3.30. The molecule has 25 heavy (non-hydrogen) atoms. The first kappa shape index (κ1) is 18.1. The van der Waals surface area contributed by atoms with Crippen LogP contribution in [0.4, 0.5) is 5.69 Å². The molecule has 0 saturated heterocycles. The minimum atomic E-state index is -0.309. The molecule has 2 rings (SSSR count). The van der Waals surface area contributed by atoms with E-state index in [1.807, 2.05) is 0 Å². The number of rotatable bonds is 8. The Labute approximate surface area is 145 Å². The largest absolute Gasteiger partial charge is 0.493 e. The molecule has 6 heteroatoms. The highest BCUT2D eigenvalue weighted by Crippen LogP contribution is 2.18. The van der Waals surface area contributed by atoms with Gasteiger partial charge in [0.15, 0.2) is 5.78 Å². The second-order valence-electron chi connectivity index (χ2n) is 5.01. The number of isocyanates is 1. The van der Waals surface area contributed by atoms with Crippen LogP contribution in [0.25, 0.3) is 0 Å². The molecule has 0 amide bonds. The first-order chi connectivity index (χ1) is 12.1. The number of esters is 1. The van der Waals surface area contributed by atoms with Crippen LogP contribution in [-0.2, 0) is 14.3 Å². The molecule has 0 heterocycles. The number of carbonyl (C=O) groups excluding carboxylic acids is 3. The lowest BCUT2D eigenvalue weighted by Gasteiger charge is -2.07. The van der Waals surface area contributed by atoms with E-state index in [1.54, 1.807) is 55.5 Å². The lowest BCUT2D eigenvalue weighted by atomic mass is 10.0. The Morgan fingerprint density at radius 1 is 1.00 bits per heavy atom. The van der Waals surface area contributed by atoms with Crippen molar-refractivity contribution in [2.24, 2.45) is 4.99 Å². The molecule has 0 aliphatic heterocycles. The van der Waals surface area contributed by atoms with Crippen molar-refractivity contribution in [1.82, 2.24) is 0 Å². The molecule has 128 valence electrons. The van der Waals surface area contributed by atoms with Crippen LogP contribution in [0.15, 0.2) is 53.5 Å². The van der Waals surface area contributed by atoms with Crippen LogP contribution in [0.2, 0.25) is 0 Å². The number of nitrogens with zero attached hydrogens (tertiary/aromatic N) is 1. The molecule has 0 radical (unpaired) electrons. The number of ketones is 1. The van der Waals surface area contributed by atoms with Crippen molar-refractivity contribution in [2.45, 2.75) is 13.3 Å². The van der Waals surface area contributed by atoms with Gasteiger partial charge in [-0.2, -0.15) is 4.99 Å². The summed E-state index contributed by atoms with van der Waals surface area (Å²) in [5.41, 5.74) is 1.43. The van der Waals surface area contributed by atoms with E-state index in [1.165, 1.54) is 6.08 Å². The van der Waals surface area contributed by atoms with E-state index in [2.05, 4.69) is 4.99 Å². The van der Waals surface area contributed by atoms with Crippen LogP contribution in [0, 0.1) is 0 Å². The van der Waals surface area contributed by atoms with E-state index in [4.69, 9.17) is 9.47 Å². The minimum Gasteiger partial charge on any atom is -0.493 e. The Morgan fingerprint density at radius 3 is 2.16 bits per heavy atom. The maximum atomic E-state index is 12.4. The summed E-state index contributed by atoms with van der Waals surface area (Å²) in [6, 6.07) is 13.0. The summed E-state index contributed by atoms with van der Waals surface area (Å²) in [5, 5.41) is 0. The predicted molar refractivity (Wildman–Crippen MR) is 90.8 cm³/mol. The van der Waals surface area contributed by atoms with E-state index in [0.29, 0.717) is 29.2 Å². The van der Waals surface area contributed by atoms with Crippen molar-refractivity contribution in [3.63, 3.8) is 0 Å². The maximum Gasteiger partial charge on any atom is 0.309 e. The first-order valence-corrected chi connectivity index (χ1v) is 7.75. The van der Waals surface area contributed by atoms with E-state index < -0.39 is 0 Å². The van der Waals surface area contributed by atoms with Crippen molar-refractivity contribution < 1.29 is 23.9 Å².